The third-order valence-corrected chi connectivity index (χ3v) is 2.10. The zero-order chi connectivity index (χ0) is 11.7. The highest BCUT2D eigenvalue weighted by molar-refractivity contribution is 5.94. The van der Waals surface area contributed by atoms with Crippen LogP contribution < -0.4 is 9.47 Å². The standard InChI is InChI=1S/C9H7NO6/c11-9(12)5-1-2-6-8(7(5)10(13)14)16-4-3-15-6/h1-2H,3-4H2,(H,11,12). The van der Waals surface area contributed by atoms with Crippen molar-refractivity contribution in [2.75, 3.05) is 13.2 Å². The van der Waals surface area contributed by atoms with E-state index < -0.39 is 22.1 Å². The molecule has 0 atom stereocenters. The smallest absolute Gasteiger partial charge is 0.342 e. The van der Waals surface area contributed by atoms with E-state index in [1.165, 1.54) is 6.07 Å². The Bertz CT molecular complexity index is 469. The first-order valence-corrected chi connectivity index (χ1v) is 4.41. The topological polar surface area (TPSA) is 98.9 Å². The molecule has 0 radical (unpaired) electrons. The average Bonchev–Trinajstić information content (AvgIpc) is 2.27. The van der Waals surface area contributed by atoms with Gasteiger partial charge in [0, 0.05) is 0 Å². The fourth-order valence-electron chi connectivity index (χ4n) is 1.45. The summed E-state index contributed by atoms with van der Waals surface area (Å²) in [7, 11) is 0. The van der Waals surface area contributed by atoms with E-state index in [1.807, 2.05) is 0 Å². The first-order valence-electron chi connectivity index (χ1n) is 4.41. The second-order valence-corrected chi connectivity index (χ2v) is 3.05. The number of aromatic carboxylic acids is 1. The predicted molar refractivity (Wildman–Crippen MR) is 51.0 cm³/mol. The summed E-state index contributed by atoms with van der Waals surface area (Å²) in [5.41, 5.74) is -0.973. The van der Waals surface area contributed by atoms with Crippen LogP contribution in [0.1, 0.15) is 10.4 Å². The zero-order valence-electron chi connectivity index (χ0n) is 8.00. The molecule has 16 heavy (non-hydrogen) atoms. The molecule has 7 nitrogen and oxygen atoms in total. The first-order chi connectivity index (χ1) is 7.61. The molecule has 0 bridgehead atoms. The molecule has 0 saturated carbocycles. The number of carboxylic acid groups (broad SMARTS) is 1. The summed E-state index contributed by atoms with van der Waals surface area (Å²) in [4.78, 5) is 20.8. The van der Waals surface area contributed by atoms with Crippen molar-refractivity contribution in [2.24, 2.45) is 0 Å². The van der Waals surface area contributed by atoms with Gasteiger partial charge < -0.3 is 14.6 Å². The molecule has 0 aliphatic carbocycles. The van der Waals surface area contributed by atoms with Crippen molar-refractivity contribution in [2.45, 2.75) is 0 Å². The van der Waals surface area contributed by atoms with Gasteiger partial charge in [-0.3, -0.25) is 10.1 Å². The number of rotatable bonds is 2. The molecule has 84 valence electrons. The molecule has 0 unspecified atom stereocenters. The van der Waals surface area contributed by atoms with Gasteiger partial charge in [0.1, 0.15) is 18.8 Å². The van der Waals surface area contributed by atoms with Crippen LogP contribution in [0, 0.1) is 10.1 Å². The lowest BCUT2D eigenvalue weighted by atomic mass is 10.1. The van der Waals surface area contributed by atoms with Gasteiger partial charge in [-0.1, -0.05) is 0 Å². The molecule has 1 N–H and O–H groups in total. The molecule has 1 aliphatic heterocycles. The van der Waals surface area contributed by atoms with Crippen LogP contribution >= 0.6 is 0 Å². The third kappa shape index (κ3) is 1.52. The summed E-state index contributed by atoms with van der Waals surface area (Å²) < 4.78 is 10.2. The summed E-state index contributed by atoms with van der Waals surface area (Å²) in [6, 6.07) is 2.49. The molecule has 0 spiro atoms. The number of carboxylic acids is 1. The monoisotopic (exact) mass is 225 g/mol. The van der Waals surface area contributed by atoms with E-state index in [2.05, 4.69) is 0 Å². The van der Waals surface area contributed by atoms with Gasteiger partial charge in [0.25, 0.3) is 0 Å². The Hall–Kier alpha value is -2.31. The van der Waals surface area contributed by atoms with Crippen molar-refractivity contribution in [1.29, 1.82) is 0 Å². The van der Waals surface area contributed by atoms with Crippen molar-refractivity contribution in [3.05, 3.63) is 27.8 Å². The van der Waals surface area contributed by atoms with Crippen LogP contribution in [-0.2, 0) is 0 Å². The Morgan fingerprint density at radius 3 is 2.69 bits per heavy atom. The van der Waals surface area contributed by atoms with Gasteiger partial charge in [-0.15, -0.1) is 0 Å². The van der Waals surface area contributed by atoms with E-state index in [0.717, 1.165) is 6.07 Å². The van der Waals surface area contributed by atoms with Crippen LogP contribution in [0.15, 0.2) is 12.1 Å². The van der Waals surface area contributed by atoms with E-state index in [0.29, 0.717) is 0 Å². The lowest BCUT2D eigenvalue weighted by Gasteiger charge is -2.18. The minimum atomic E-state index is -1.37. The molecular formula is C9H7NO6. The number of nitro benzene ring substituents is 1. The van der Waals surface area contributed by atoms with Gasteiger partial charge in [0.15, 0.2) is 5.75 Å². The van der Waals surface area contributed by atoms with Crippen LogP contribution in [-0.4, -0.2) is 29.2 Å². The number of ether oxygens (including phenoxy) is 2. The highest BCUT2D eigenvalue weighted by Crippen LogP contribution is 2.41. The molecule has 1 aromatic carbocycles. The molecule has 0 amide bonds. The van der Waals surface area contributed by atoms with Gasteiger partial charge in [0.2, 0.25) is 5.75 Å². The molecule has 0 aromatic heterocycles. The maximum absolute atomic E-state index is 10.8. The average molecular weight is 225 g/mol. The van der Waals surface area contributed by atoms with Crippen molar-refractivity contribution in [3.8, 4) is 11.5 Å². The first kappa shape index (κ1) is 10.2. The molecule has 1 aromatic rings. The van der Waals surface area contributed by atoms with Gasteiger partial charge in [-0.25, -0.2) is 4.79 Å². The summed E-state index contributed by atoms with van der Waals surface area (Å²) in [6.07, 6.45) is 0. The number of nitro groups is 1. The number of benzene rings is 1. The van der Waals surface area contributed by atoms with Crippen molar-refractivity contribution in [1.82, 2.24) is 0 Å². The summed E-state index contributed by atoms with van der Waals surface area (Å²) in [5, 5.41) is 19.6. The van der Waals surface area contributed by atoms with E-state index in [-0.39, 0.29) is 24.7 Å². The Morgan fingerprint density at radius 1 is 1.38 bits per heavy atom. The van der Waals surface area contributed by atoms with Crippen LogP contribution in [0.4, 0.5) is 5.69 Å². The molecule has 0 saturated heterocycles. The second-order valence-electron chi connectivity index (χ2n) is 3.05. The summed E-state index contributed by atoms with van der Waals surface area (Å²) in [5.74, 6) is -1.29. The van der Waals surface area contributed by atoms with Gasteiger partial charge in [-0.2, -0.15) is 0 Å². The Kier molecular flexibility index (Phi) is 2.35. The molecular weight excluding hydrogens is 218 g/mol. The molecule has 7 heteroatoms. The van der Waals surface area contributed by atoms with Crippen molar-refractivity contribution in [3.63, 3.8) is 0 Å². The van der Waals surface area contributed by atoms with Crippen molar-refractivity contribution < 1.29 is 24.3 Å². The molecule has 1 heterocycles. The van der Waals surface area contributed by atoms with E-state index in [9.17, 15) is 14.9 Å². The number of hydrogen-bond donors (Lipinski definition) is 1. The molecule has 0 fully saturated rings. The molecule has 2 rings (SSSR count). The lowest BCUT2D eigenvalue weighted by molar-refractivity contribution is -0.386. The van der Waals surface area contributed by atoms with Gasteiger partial charge in [0.05, 0.1) is 4.92 Å². The van der Waals surface area contributed by atoms with Crippen LogP contribution in [0.25, 0.3) is 0 Å². The maximum atomic E-state index is 10.8. The quantitative estimate of drug-likeness (QED) is 0.596. The van der Waals surface area contributed by atoms with Crippen molar-refractivity contribution >= 4 is 11.7 Å². The van der Waals surface area contributed by atoms with Crippen LogP contribution in [0.3, 0.4) is 0 Å². The Morgan fingerprint density at radius 2 is 2.06 bits per heavy atom. The fourth-order valence-corrected chi connectivity index (χ4v) is 1.45. The van der Waals surface area contributed by atoms with Crippen LogP contribution in [0.2, 0.25) is 0 Å². The van der Waals surface area contributed by atoms with E-state index >= 15 is 0 Å². The number of carbonyl (C=O) groups is 1. The fraction of sp³-hybridized carbons (Fsp3) is 0.222. The normalized spacial score (nSPS) is 13.2. The van der Waals surface area contributed by atoms with Gasteiger partial charge in [-0.05, 0) is 12.1 Å². The highest BCUT2D eigenvalue weighted by Gasteiger charge is 2.30. The predicted octanol–water partition coefficient (Wildman–Crippen LogP) is 1.06. The SMILES string of the molecule is O=C(O)c1ccc2c(c1[N+](=O)[O-])OCCO2. The van der Waals surface area contributed by atoms with Gasteiger partial charge >= 0.3 is 11.7 Å². The molecule has 1 aliphatic rings. The minimum absolute atomic E-state index is 0.115. The minimum Gasteiger partial charge on any atom is -0.486 e. The zero-order valence-corrected chi connectivity index (χ0v) is 8.00. The number of fused-ring (bicyclic) bond motifs is 1. The highest BCUT2D eigenvalue weighted by atomic mass is 16.6. The second kappa shape index (κ2) is 3.69. The number of nitrogens with zero attached hydrogens (tertiary/aromatic N) is 1. The Balaban J connectivity index is 2.66. The largest absolute Gasteiger partial charge is 0.486 e. The van der Waals surface area contributed by atoms with E-state index in [1.54, 1.807) is 0 Å². The summed E-state index contributed by atoms with van der Waals surface area (Å²) in [6.45, 7) is 0.452. The van der Waals surface area contributed by atoms with Crippen LogP contribution in [0.5, 0.6) is 11.5 Å². The third-order valence-electron chi connectivity index (χ3n) is 2.10. The summed E-state index contributed by atoms with van der Waals surface area (Å²) >= 11 is 0. The lowest BCUT2D eigenvalue weighted by Crippen LogP contribution is -2.17. The number of hydrogen-bond acceptors (Lipinski definition) is 5. The van der Waals surface area contributed by atoms with E-state index in [4.69, 9.17) is 14.6 Å². The maximum Gasteiger partial charge on any atom is 0.342 e. The Labute approximate surface area is 89.4 Å².